The summed E-state index contributed by atoms with van der Waals surface area (Å²) in [5.74, 6) is 0. The lowest BCUT2D eigenvalue weighted by Gasteiger charge is -2.22. The molecule has 0 spiro atoms. The first-order valence-electron chi connectivity index (χ1n) is 9.66. The van der Waals surface area contributed by atoms with Gasteiger partial charge in [-0.2, -0.15) is 0 Å². The minimum atomic E-state index is -0.497. The summed E-state index contributed by atoms with van der Waals surface area (Å²) in [5, 5.41) is 23.7. The molecule has 0 heterocycles. The van der Waals surface area contributed by atoms with E-state index in [1.54, 1.807) is 0 Å². The van der Waals surface area contributed by atoms with E-state index in [0.29, 0.717) is 13.0 Å². The molecule has 3 aromatic carbocycles. The Kier molecular flexibility index (Phi) is 5.85. The van der Waals surface area contributed by atoms with Gasteiger partial charge in [0, 0.05) is 6.61 Å². The van der Waals surface area contributed by atoms with Gasteiger partial charge in [-0.25, -0.2) is 0 Å². The number of fused-ring (bicyclic) bond motifs is 2. The quantitative estimate of drug-likeness (QED) is 0.606. The number of rotatable bonds is 7. The highest BCUT2D eigenvalue weighted by atomic mass is 16.5. The topological polar surface area (TPSA) is 49.7 Å². The van der Waals surface area contributed by atoms with Crippen molar-refractivity contribution in [2.75, 3.05) is 19.8 Å². The highest BCUT2D eigenvalue weighted by Gasteiger charge is 2.16. The molecule has 0 aliphatic rings. The van der Waals surface area contributed by atoms with Gasteiger partial charge in [0.1, 0.15) is 0 Å². The molecule has 2 N–H and O–H groups in total. The average molecular weight is 367 g/mol. The molecule has 0 amide bonds. The molecule has 3 heteroatoms. The van der Waals surface area contributed by atoms with Gasteiger partial charge in [0.2, 0.25) is 0 Å². The number of hydrogen-bond donors (Lipinski definition) is 2. The fraction of sp³-hybridized carbons (Fsp3) is 0.417. The highest BCUT2D eigenvalue weighted by molar-refractivity contribution is 6.05. The van der Waals surface area contributed by atoms with Crippen LogP contribution >= 0.6 is 0 Å². The van der Waals surface area contributed by atoms with Crippen LogP contribution in [0.1, 0.15) is 36.1 Å². The first-order valence-corrected chi connectivity index (χ1v) is 9.66. The number of aliphatic hydroxyl groups excluding tert-OH is 2. The molecule has 3 aromatic rings. The van der Waals surface area contributed by atoms with Crippen molar-refractivity contribution in [3.63, 3.8) is 0 Å². The van der Waals surface area contributed by atoms with Gasteiger partial charge in [-0.1, -0.05) is 36.4 Å². The zero-order valence-electron chi connectivity index (χ0n) is 16.8. The molecule has 3 nitrogen and oxygen atoms in total. The first kappa shape index (κ1) is 19.8. The summed E-state index contributed by atoms with van der Waals surface area (Å²) in [5.41, 5.74) is 4.49. The Morgan fingerprint density at radius 2 is 1.30 bits per heavy atom. The van der Waals surface area contributed by atoms with E-state index in [1.165, 1.54) is 43.8 Å². The monoisotopic (exact) mass is 366 g/mol. The van der Waals surface area contributed by atoms with Gasteiger partial charge in [-0.15, -0.1) is 0 Å². The van der Waals surface area contributed by atoms with Crippen LogP contribution in [0.25, 0.3) is 21.5 Å². The molecule has 0 aromatic heterocycles. The first-order chi connectivity index (χ1) is 12.9. The van der Waals surface area contributed by atoms with E-state index in [2.05, 4.69) is 50.2 Å². The molecule has 144 valence electrons. The van der Waals surface area contributed by atoms with E-state index in [0.717, 1.165) is 6.42 Å². The second-order valence-corrected chi connectivity index (χ2v) is 8.00. The Morgan fingerprint density at radius 1 is 0.778 bits per heavy atom. The number of aryl methyl sites for hydroxylation is 2. The molecule has 0 atom stereocenters. The van der Waals surface area contributed by atoms with Gasteiger partial charge in [0.05, 0.1) is 18.8 Å². The lowest BCUT2D eigenvalue weighted by atomic mass is 9.90. The van der Waals surface area contributed by atoms with Crippen LogP contribution in [0.3, 0.4) is 0 Å². The lowest BCUT2D eigenvalue weighted by molar-refractivity contribution is -0.0521. The van der Waals surface area contributed by atoms with Gasteiger partial charge >= 0.3 is 0 Å². The number of aliphatic hydroxyl groups is 2. The second kappa shape index (κ2) is 7.97. The molecule has 0 aliphatic carbocycles. The molecule has 0 saturated carbocycles. The summed E-state index contributed by atoms with van der Waals surface area (Å²) in [4.78, 5) is 0. The Hall–Kier alpha value is -1.94. The van der Waals surface area contributed by atoms with Crippen LogP contribution in [0.5, 0.6) is 0 Å². The van der Waals surface area contributed by atoms with Crippen LogP contribution in [0.2, 0.25) is 0 Å². The summed E-state index contributed by atoms with van der Waals surface area (Å²) in [7, 11) is 0. The third kappa shape index (κ3) is 4.16. The predicted molar refractivity (Wildman–Crippen MR) is 113 cm³/mol. The fourth-order valence-corrected chi connectivity index (χ4v) is 3.68. The summed E-state index contributed by atoms with van der Waals surface area (Å²) in [6.07, 6.45) is 1.50. The maximum Gasteiger partial charge on any atom is 0.0856 e. The van der Waals surface area contributed by atoms with Crippen molar-refractivity contribution in [3.8, 4) is 0 Å². The maximum absolute atomic E-state index is 9.32. The van der Waals surface area contributed by atoms with Crippen molar-refractivity contribution in [1.82, 2.24) is 0 Å². The largest absolute Gasteiger partial charge is 0.396 e. The molecule has 0 radical (unpaired) electrons. The minimum absolute atomic E-state index is 0.0190. The Morgan fingerprint density at radius 3 is 1.81 bits per heavy atom. The SMILES string of the molecule is Cc1c2ccc(CCO)cc2c(C)c2cc(CCOC(C)(C)CO)ccc12. The Balaban J connectivity index is 1.99. The van der Waals surface area contributed by atoms with Crippen molar-refractivity contribution in [2.45, 2.75) is 46.1 Å². The molecular weight excluding hydrogens is 336 g/mol. The molecular formula is C24H30O3. The van der Waals surface area contributed by atoms with Crippen LogP contribution in [0, 0.1) is 13.8 Å². The maximum atomic E-state index is 9.32. The van der Waals surface area contributed by atoms with Crippen LogP contribution in [-0.2, 0) is 17.6 Å². The fourth-order valence-electron chi connectivity index (χ4n) is 3.68. The van der Waals surface area contributed by atoms with Crippen LogP contribution in [-0.4, -0.2) is 35.6 Å². The summed E-state index contributed by atoms with van der Waals surface area (Å²) in [6.45, 7) is 8.94. The third-order valence-electron chi connectivity index (χ3n) is 5.45. The van der Waals surface area contributed by atoms with Crippen molar-refractivity contribution in [2.24, 2.45) is 0 Å². The van der Waals surface area contributed by atoms with Crippen molar-refractivity contribution >= 4 is 21.5 Å². The third-order valence-corrected chi connectivity index (χ3v) is 5.45. The van der Waals surface area contributed by atoms with E-state index in [-0.39, 0.29) is 13.2 Å². The zero-order valence-corrected chi connectivity index (χ0v) is 16.8. The van der Waals surface area contributed by atoms with Crippen molar-refractivity contribution in [1.29, 1.82) is 0 Å². The van der Waals surface area contributed by atoms with E-state index >= 15 is 0 Å². The van der Waals surface area contributed by atoms with E-state index in [4.69, 9.17) is 4.74 Å². The highest BCUT2D eigenvalue weighted by Crippen LogP contribution is 2.33. The number of ether oxygens (including phenoxy) is 1. The summed E-state index contributed by atoms with van der Waals surface area (Å²) >= 11 is 0. The number of hydrogen-bond acceptors (Lipinski definition) is 3. The van der Waals surface area contributed by atoms with Gasteiger partial charge in [-0.3, -0.25) is 0 Å². The van der Waals surface area contributed by atoms with Gasteiger partial charge in [0.25, 0.3) is 0 Å². The number of benzene rings is 3. The molecule has 0 fully saturated rings. The van der Waals surface area contributed by atoms with E-state index in [9.17, 15) is 10.2 Å². The molecule has 0 saturated heterocycles. The normalized spacial score (nSPS) is 12.2. The molecule has 3 rings (SSSR count). The molecule has 0 unspecified atom stereocenters. The molecule has 27 heavy (non-hydrogen) atoms. The standard InChI is InChI=1S/C24H30O3/c1-16-20-7-5-18(9-11-25)13-22(20)17(2)23-14-19(6-8-21(16)23)10-12-27-24(3,4)15-26/h5-8,13-14,25-26H,9-12,15H2,1-4H3. The summed E-state index contributed by atoms with van der Waals surface area (Å²) in [6, 6.07) is 13.2. The smallest absolute Gasteiger partial charge is 0.0856 e. The summed E-state index contributed by atoms with van der Waals surface area (Å²) < 4.78 is 5.79. The Labute approximate surface area is 161 Å². The van der Waals surface area contributed by atoms with Gasteiger partial charge in [-0.05, 0) is 84.3 Å². The molecule has 0 bridgehead atoms. The van der Waals surface area contributed by atoms with E-state index < -0.39 is 5.60 Å². The van der Waals surface area contributed by atoms with Crippen LogP contribution in [0.4, 0.5) is 0 Å². The second-order valence-electron chi connectivity index (χ2n) is 8.00. The van der Waals surface area contributed by atoms with Crippen molar-refractivity contribution < 1.29 is 14.9 Å². The zero-order chi connectivity index (χ0) is 19.6. The molecule has 0 aliphatic heterocycles. The average Bonchev–Trinajstić information content (AvgIpc) is 2.66. The van der Waals surface area contributed by atoms with Crippen LogP contribution in [0.15, 0.2) is 36.4 Å². The Bertz CT molecular complexity index is 957. The van der Waals surface area contributed by atoms with Crippen LogP contribution < -0.4 is 0 Å². The van der Waals surface area contributed by atoms with Gasteiger partial charge in [0.15, 0.2) is 0 Å². The van der Waals surface area contributed by atoms with Crippen molar-refractivity contribution in [3.05, 3.63) is 58.7 Å². The minimum Gasteiger partial charge on any atom is -0.396 e. The predicted octanol–water partition coefficient (Wildman–Crippen LogP) is 4.47. The lowest BCUT2D eigenvalue weighted by Crippen LogP contribution is -2.29. The van der Waals surface area contributed by atoms with E-state index in [1.807, 2.05) is 13.8 Å². The van der Waals surface area contributed by atoms with Gasteiger partial charge < -0.3 is 14.9 Å².